The van der Waals surface area contributed by atoms with Gasteiger partial charge in [0.2, 0.25) is 0 Å². The van der Waals surface area contributed by atoms with Crippen molar-refractivity contribution >= 4 is 18.0 Å². The average molecular weight is 396 g/mol. The first kappa shape index (κ1) is 19.0. The molecule has 2 fully saturated rings. The fourth-order valence-electron chi connectivity index (χ4n) is 4.10. The molecule has 4 rings (SSSR count). The lowest BCUT2D eigenvalue weighted by Gasteiger charge is -2.38. The summed E-state index contributed by atoms with van der Waals surface area (Å²) < 4.78 is 1.91. The molecular weight excluding hydrogens is 372 g/mol. The van der Waals surface area contributed by atoms with Crippen LogP contribution in [0.2, 0.25) is 0 Å². The van der Waals surface area contributed by atoms with E-state index in [0.717, 1.165) is 11.3 Å². The smallest absolute Gasteiger partial charge is 0.322 e. The van der Waals surface area contributed by atoms with E-state index in [1.54, 1.807) is 24.3 Å². The molecule has 1 unspecified atom stereocenters. The monoisotopic (exact) mass is 396 g/mol. The van der Waals surface area contributed by atoms with Gasteiger partial charge >= 0.3 is 12.1 Å². The van der Waals surface area contributed by atoms with E-state index in [4.69, 9.17) is 0 Å². The highest BCUT2D eigenvalue weighted by Gasteiger charge is 2.48. The van der Waals surface area contributed by atoms with Crippen LogP contribution in [-0.4, -0.2) is 51.0 Å². The molecule has 152 valence electrons. The maximum atomic E-state index is 12.6. The summed E-state index contributed by atoms with van der Waals surface area (Å²) in [6.45, 7) is 3.24. The standard InChI is InChI=1S/C20H24N6O3/c1-20(17(27)23-18(28)24-20)15-6-9-25(10-7-15)19(29)22-12-14-4-2-3-5-16(14)26-11-8-21-13-26/h2-5,8,11,13,15H,6-7,9-10,12H2,1H3,(H,22,29)(H2,23,24,27,28). The Balaban J connectivity index is 1.34. The second-order valence-corrected chi connectivity index (χ2v) is 7.63. The summed E-state index contributed by atoms with van der Waals surface area (Å²) in [5, 5.41) is 8.02. The van der Waals surface area contributed by atoms with Crippen molar-refractivity contribution in [2.45, 2.75) is 31.8 Å². The molecule has 0 aliphatic carbocycles. The first-order valence-electron chi connectivity index (χ1n) is 9.70. The third-order valence-corrected chi connectivity index (χ3v) is 5.87. The van der Waals surface area contributed by atoms with Gasteiger partial charge in [-0.2, -0.15) is 0 Å². The van der Waals surface area contributed by atoms with Crippen molar-refractivity contribution in [3.8, 4) is 5.69 Å². The number of rotatable bonds is 4. The zero-order valence-electron chi connectivity index (χ0n) is 16.2. The molecule has 0 bridgehead atoms. The van der Waals surface area contributed by atoms with Crippen molar-refractivity contribution in [3.05, 3.63) is 48.5 Å². The fourth-order valence-corrected chi connectivity index (χ4v) is 4.10. The maximum Gasteiger partial charge on any atom is 0.322 e. The van der Waals surface area contributed by atoms with Crippen LogP contribution in [0.1, 0.15) is 25.3 Å². The number of benzene rings is 1. The van der Waals surface area contributed by atoms with Crippen LogP contribution in [0.5, 0.6) is 0 Å². The number of nitrogens with one attached hydrogen (secondary N) is 3. The van der Waals surface area contributed by atoms with Crippen LogP contribution >= 0.6 is 0 Å². The van der Waals surface area contributed by atoms with E-state index in [2.05, 4.69) is 20.9 Å². The van der Waals surface area contributed by atoms with E-state index in [0.29, 0.717) is 32.5 Å². The normalized spacial score (nSPS) is 22.3. The van der Waals surface area contributed by atoms with Crippen LogP contribution in [0.4, 0.5) is 9.59 Å². The van der Waals surface area contributed by atoms with Crippen LogP contribution in [0.3, 0.4) is 0 Å². The summed E-state index contributed by atoms with van der Waals surface area (Å²) in [6.07, 6.45) is 6.62. The number of para-hydroxylation sites is 1. The van der Waals surface area contributed by atoms with Gasteiger partial charge in [-0.15, -0.1) is 0 Å². The van der Waals surface area contributed by atoms with Crippen molar-refractivity contribution in [1.29, 1.82) is 0 Å². The van der Waals surface area contributed by atoms with Crippen LogP contribution in [0.25, 0.3) is 5.69 Å². The number of urea groups is 2. The molecule has 3 heterocycles. The maximum absolute atomic E-state index is 12.6. The molecule has 3 N–H and O–H groups in total. The molecule has 5 amide bonds. The summed E-state index contributed by atoms with van der Waals surface area (Å²) >= 11 is 0. The first-order valence-corrected chi connectivity index (χ1v) is 9.70. The lowest BCUT2D eigenvalue weighted by molar-refractivity contribution is -0.125. The van der Waals surface area contributed by atoms with Crippen LogP contribution in [0, 0.1) is 5.92 Å². The average Bonchev–Trinajstić information content (AvgIpc) is 3.35. The second-order valence-electron chi connectivity index (χ2n) is 7.63. The summed E-state index contributed by atoms with van der Waals surface area (Å²) in [4.78, 5) is 42.1. The van der Waals surface area contributed by atoms with Crippen LogP contribution < -0.4 is 16.0 Å². The first-order chi connectivity index (χ1) is 14.0. The predicted octanol–water partition coefficient (Wildman–Crippen LogP) is 1.39. The number of carbonyl (C=O) groups is 3. The molecular formula is C20H24N6O3. The third-order valence-electron chi connectivity index (χ3n) is 5.87. The number of piperidine rings is 1. The molecule has 9 heteroatoms. The van der Waals surface area contributed by atoms with Gasteiger partial charge < -0.3 is 20.1 Å². The van der Waals surface area contributed by atoms with Gasteiger partial charge in [0.05, 0.1) is 12.0 Å². The molecule has 2 saturated heterocycles. The predicted molar refractivity (Wildman–Crippen MR) is 105 cm³/mol. The minimum atomic E-state index is -0.899. The lowest BCUT2D eigenvalue weighted by atomic mass is 9.79. The van der Waals surface area contributed by atoms with Crippen LogP contribution in [0.15, 0.2) is 43.0 Å². The molecule has 1 aromatic carbocycles. The molecule has 0 spiro atoms. The molecule has 0 saturated carbocycles. The summed E-state index contributed by atoms with van der Waals surface area (Å²) in [6, 6.07) is 7.27. The highest BCUT2D eigenvalue weighted by Crippen LogP contribution is 2.30. The lowest BCUT2D eigenvalue weighted by Crippen LogP contribution is -2.55. The Morgan fingerprint density at radius 2 is 2.03 bits per heavy atom. The number of hydrogen-bond acceptors (Lipinski definition) is 4. The quantitative estimate of drug-likeness (QED) is 0.679. The molecule has 9 nitrogen and oxygen atoms in total. The molecule has 1 aromatic heterocycles. The Kier molecular flexibility index (Phi) is 4.96. The summed E-state index contributed by atoms with van der Waals surface area (Å²) in [5.41, 5.74) is 1.06. The summed E-state index contributed by atoms with van der Waals surface area (Å²) in [7, 11) is 0. The molecule has 29 heavy (non-hydrogen) atoms. The SMILES string of the molecule is CC1(C2CCN(C(=O)NCc3ccccc3-n3ccnc3)CC2)NC(=O)NC1=O. The number of imide groups is 1. The van der Waals surface area contributed by atoms with Gasteiger partial charge in [-0.05, 0) is 37.3 Å². The van der Waals surface area contributed by atoms with Crippen molar-refractivity contribution in [2.24, 2.45) is 5.92 Å². The number of amides is 5. The fraction of sp³-hybridized carbons (Fsp3) is 0.400. The molecule has 2 aliphatic rings. The Morgan fingerprint density at radius 1 is 1.28 bits per heavy atom. The van der Waals surface area contributed by atoms with Gasteiger partial charge in [0.1, 0.15) is 5.54 Å². The van der Waals surface area contributed by atoms with Gasteiger partial charge in [-0.25, -0.2) is 14.6 Å². The Bertz CT molecular complexity index is 920. The minimum absolute atomic E-state index is 0.0000306. The van der Waals surface area contributed by atoms with E-state index in [-0.39, 0.29) is 17.9 Å². The molecule has 2 aliphatic heterocycles. The summed E-state index contributed by atoms with van der Waals surface area (Å²) in [5.74, 6) is -0.290. The molecule has 2 aromatic rings. The van der Waals surface area contributed by atoms with Gasteiger partial charge in [0.15, 0.2) is 0 Å². The van der Waals surface area contributed by atoms with Crippen molar-refractivity contribution < 1.29 is 14.4 Å². The van der Waals surface area contributed by atoms with Gasteiger partial charge in [-0.1, -0.05) is 18.2 Å². The van der Waals surface area contributed by atoms with Gasteiger partial charge in [-0.3, -0.25) is 10.1 Å². The van der Waals surface area contributed by atoms with Crippen molar-refractivity contribution in [1.82, 2.24) is 30.4 Å². The topological polar surface area (TPSA) is 108 Å². The minimum Gasteiger partial charge on any atom is -0.334 e. The number of nitrogens with zero attached hydrogens (tertiary/aromatic N) is 3. The zero-order valence-corrected chi connectivity index (χ0v) is 16.2. The molecule has 1 atom stereocenters. The Morgan fingerprint density at radius 3 is 2.69 bits per heavy atom. The second kappa shape index (κ2) is 7.57. The number of aromatic nitrogens is 2. The Labute approximate surface area is 168 Å². The number of likely N-dealkylation sites (tertiary alicyclic amines) is 1. The largest absolute Gasteiger partial charge is 0.334 e. The zero-order chi connectivity index (χ0) is 20.4. The van der Waals surface area contributed by atoms with Crippen molar-refractivity contribution in [3.63, 3.8) is 0 Å². The van der Waals surface area contributed by atoms with E-state index in [1.807, 2.05) is 35.0 Å². The van der Waals surface area contributed by atoms with Crippen molar-refractivity contribution in [2.75, 3.05) is 13.1 Å². The number of imidazole rings is 1. The van der Waals surface area contributed by atoms with E-state index in [9.17, 15) is 14.4 Å². The number of hydrogen-bond donors (Lipinski definition) is 3. The Hall–Kier alpha value is -3.36. The van der Waals surface area contributed by atoms with E-state index < -0.39 is 11.6 Å². The highest BCUT2D eigenvalue weighted by atomic mass is 16.2. The number of carbonyl (C=O) groups excluding carboxylic acids is 3. The van der Waals surface area contributed by atoms with Crippen LogP contribution in [-0.2, 0) is 11.3 Å². The molecule has 0 radical (unpaired) electrons. The third kappa shape index (κ3) is 3.67. The van der Waals surface area contributed by atoms with E-state index >= 15 is 0 Å². The van der Waals surface area contributed by atoms with Gasteiger partial charge in [0, 0.05) is 32.0 Å². The van der Waals surface area contributed by atoms with Gasteiger partial charge in [0.25, 0.3) is 5.91 Å². The van der Waals surface area contributed by atoms with E-state index in [1.165, 1.54) is 0 Å². The highest BCUT2D eigenvalue weighted by molar-refractivity contribution is 6.07.